The zero-order valence-corrected chi connectivity index (χ0v) is 25.0. The number of esters is 1. The van der Waals surface area contributed by atoms with Crippen LogP contribution in [0.25, 0.3) is 0 Å². The van der Waals surface area contributed by atoms with Crippen molar-refractivity contribution in [1.82, 2.24) is 0 Å². The molecule has 1 aliphatic heterocycles. The van der Waals surface area contributed by atoms with Crippen molar-refractivity contribution in [3.05, 3.63) is 64.7 Å². The standard InChI is InChI=1S/C31H43NO5Si/c1-21(2)38(22(3)4,23(5)6)37-19-11-10-12-25-17-15-24(16-18-29(33)36-7)20-28(25)32-30(34)26-13-8-9-14-27(26)31(32)35/h8-9,13-15,17,20-23H,10-12,16,18-19H2,1-7H3. The van der Waals surface area contributed by atoms with Gasteiger partial charge in [-0.1, -0.05) is 65.8 Å². The van der Waals surface area contributed by atoms with Crippen LogP contribution in [0.3, 0.4) is 0 Å². The predicted octanol–water partition coefficient (Wildman–Crippen LogP) is 7.11. The molecule has 0 unspecified atom stereocenters. The summed E-state index contributed by atoms with van der Waals surface area (Å²) in [6, 6.07) is 12.8. The number of amides is 2. The van der Waals surface area contributed by atoms with Crippen molar-refractivity contribution in [2.75, 3.05) is 18.6 Å². The van der Waals surface area contributed by atoms with Crippen molar-refractivity contribution in [3.63, 3.8) is 0 Å². The quantitative estimate of drug-likeness (QED) is 0.118. The summed E-state index contributed by atoms with van der Waals surface area (Å²) < 4.78 is 11.5. The molecule has 1 aliphatic rings. The van der Waals surface area contributed by atoms with Gasteiger partial charge in [-0.05, 0) is 71.6 Å². The summed E-state index contributed by atoms with van der Waals surface area (Å²) >= 11 is 0. The summed E-state index contributed by atoms with van der Waals surface area (Å²) in [4.78, 5) is 39.5. The number of aryl methyl sites for hydroxylation is 2. The van der Waals surface area contributed by atoms with E-state index in [2.05, 4.69) is 41.5 Å². The summed E-state index contributed by atoms with van der Waals surface area (Å²) in [6.45, 7) is 14.5. The molecular weight excluding hydrogens is 494 g/mol. The van der Waals surface area contributed by atoms with E-state index in [0.29, 0.717) is 39.9 Å². The molecule has 0 aromatic heterocycles. The molecule has 6 nitrogen and oxygen atoms in total. The van der Waals surface area contributed by atoms with E-state index in [0.717, 1.165) is 37.0 Å². The van der Waals surface area contributed by atoms with Crippen LogP contribution in [0.4, 0.5) is 5.69 Å². The Balaban J connectivity index is 1.78. The van der Waals surface area contributed by atoms with Crippen LogP contribution in [0.5, 0.6) is 0 Å². The molecule has 0 fully saturated rings. The Morgan fingerprint density at radius 1 is 0.842 bits per heavy atom. The number of imide groups is 1. The van der Waals surface area contributed by atoms with Gasteiger partial charge in [0.05, 0.1) is 23.9 Å². The lowest BCUT2D eigenvalue weighted by molar-refractivity contribution is -0.140. The van der Waals surface area contributed by atoms with Gasteiger partial charge in [0, 0.05) is 13.0 Å². The Morgan fingerprint density at radius 3 is 1.95 bits per heavy atom. The van der Waals surface area contributed by atoms with E-state index in [1.54, 1.807) is 24.3 Å². The monoisotopic (exact) mass is 537 g/mol. The molecular formula is C31H43NO5Si. The van der Waals surface area contributed by atoms with Crippen molar-refractivity contribution in [2.24, 2.45) is 0 Å². The van der Waals surface area contributed by atoms with Crippen molar-refractivity contribution < 1.29 is 23.5 Å². The molecule has 7 heteroatoms. The predicted molar refractivity (Wildman–Crippen MR) is 154 cm³/mol. The Labute approximate surface area is 228 Å². The average Bonchev–Trinajstić information content (AvgIpc) is 3.14. The van der Waals surface area contributed by atoms with Gasteiger partial charge in [-0.25, -0.2) is 4.90 Å². The number of fused-ring (bicyclic) bond motifs is 1. The largest absolute Gasteiger partial charge is 0.469 e. The van der Waals surface area contributed by atoms with Gasteiger partial charge in [0.2, 0.25) is 0 Å². The van der Waals surface area contributed by atoms with Gasteiger partial charge in [-0.3, -0.25) is 14.4 Å². The number of methoxy groups -OCH3 is 1. The molecule has 0 N–H and O–H groups in total. The van der Waals surface area contributed by atoms with Crippen LogP contribution in [-0.2, 0) is 26.8 Å². The van der Waals surface area contributed by atoms with Crippen LogP contribution in [0.15, 0.2) is 42.5 Å². The Hall–Kier alpha value is -2.77. The van der Waals surface area contributed by atoms with E-state index in [-0.39, 0.29) is 24.2 Å². The smallest absolute Gasteiger partial charge is 0.305 e. The van der Waals surface area contributed by atoms with E-state index in [9.17, 15) is 14.4 Å². The van der Waals surface area contributed by atoms with Crippen molar-refractivity contribution in [2.45, 2.75) is 90.3 Å². The minimum atomic E-state index is -1.91. The SMILES string of the molecule is COC(=O)CCc1ccc(CCCCO[Si](C(C)C)(C(C)C)C(C)C)c(N2C(=O)c3ccccc3C2=O)c1. The third kappa shape index (κ3) is 6.10. The molecule has 0 saturated heterocycles. The minimum absolute atomic E-state index is 0.238. The first-order valence-corrected chi connectivity index (χ1v) is 16.0. The van der Waals surface area contributed by atoms with Crippen LogP contribution in [-0.4, -0.2) is 39.8 Å². The molecule has 3 rings (SSSR count). The molecule has 2 aromatic rings. The van der Waals surface area contributed by atoms with E-state index < -0.39 is 8.32 Å². The highest BCUT2D eigenvalue weighted by atomic mass is 28.4. The summed E-state index contributed by atoms with van der Waals surface area (Å²) in [5.41, 5.74) is 4.91. The Morgan fingerprint density at radius 2 is 1.42 bits per heavy atom. The van der Waals surface area contributed by atoms with Crippen LogP contribution in [0.2, 0.25) is 16.6 Å². The molecule has 0 saturated carbocycles. The number of nitrogens with zero attached hydrogens (tertiary/aromatic N) is 1. The molecule has 2 amide bonds. The first kappa shape index (κ1) is 29.8. The van der Waals surface area contributed by atoms with Crippen LogP contribution in [0.1, 0.15) is 92.6 Å². The Bertz CT molecular complexity index is 1100. The number of benzene rings is 2. The van der Waals surface area contributed by atoms with Gasteiger partial charge in [-0.2, -0.15) is 0 Å². The number of unbranched alkanes of at least 4 members (excludes halogenated alkanes) is 1. The van der Waals surface area contributed by atoms with Crippen molar-refractivity contribution in [1.29, 1.82) is 0 Å². The van der Waals surface area contributed by atoms with E-state index in [1.165, 1.54) is 12.0 Å². The fourth-order valence-corrected chi connectivity index (χ4v) is 11.6. The molecule has 0 spiro atoms. The summed E-state index contributed by atoms with van der Waals surface area (Å²) in [5.74, 6) is -0.899. The zero-order valence-electron chi connectivity index (χ0n) is 24.0. The first-order chi connectivity index (χ1) is 18.0. The molecule has 2 aromatic carbocycles. The zero-order chi connectivity index (χ0) is 28.0. The van der Waals surface area contributed by atoms with Gasteiger partial charge in [0.15, 0.2) is 8.32 Å². The highest BCUT2D eigenvalue weighted by Crippen LogP contribution is 2.42. The third-order valence-electron chi connectivity index (χ3n) is 7.93. The lowest BCUT2D eigenvalue weighted by atomic mass is 10.0. The van der Waals surface area contributed by atoms with E-state index >= 15 is 0 Å². The molecule has 1 heterocycles. The summed E-state index contributed by atoms with van der Waals surface area (Å²) in [7, 11) is -0.538. The number of ether oxygens (including phenoxy) is 1. The van der Waals surface area contributed by atoms with Crippen LogP contribution in [0, 0.1) is 0 Å². The van der Waals surface area contributed by atoms with Gasteiger partial charge < -0.3 is 9.16 Å². The van der Waals surface area contributed by atoms with Gasteiger partial charge >= 0.3 is 5.97 Å². The van der Waals surface area contributed by atoms with Gasteiger partial charge in [-0.15, -0.1) is 0 Å². The maximum absolute atomic E-state index is 13.3. The van der Waals surface area contributed by atoms with Crippen LogP contribution >= 0.6 is 0 Å². The van der Waals surface area contributed by atoms with Gasteiger partial charge in [0.1, 0.15) is 0 Å². The van der Waals surface area contributed by atoms with E-state index in [1.807, 2.05) is 18.2 Å². The maximum atomic E-state index is 13.3. The number of hydrogen-bond acceptors (Lipinski definition) is 5. The number of carbonyl (C=O) groups is 3. The third-order valence-corrected chi connectivity index (χ3v) is 14.0. The van der Waals surface area contributed by atoms with Crippen molar-refractivity contribution in [3.8, 4) is 0 Å². The summed E-state index contributed by atoms with van der Waals surface area (Å²) in [5, 5.41) is 0. The number of rotatable bonds is 13. The lowest BCUT2D eigenvalue weighted by Gasteiger charge is -2.42. The number of carbonyl (C=O) groups excluding carboxylic acids is 3. The van der Waals surface area contributed by atoms with Crippen LogP contribution < -0.4 is 4.90 Å². The number of hydrogen-bond donors (Lipinski definition) is 0. The second-order valence-corrected chi connectivity index (χ2v) is 16.6. The molecule has 0 bridgehead atoms. The topological polar surface area (TPSA) is 72.9 Å². The fraction of sp³-hybridized carbons (Fsp3) is 0.516. The number of anilines is 1. The summed E-state index contributed by atoms with van der Waals surface area (Å²) in [6.07, 6.45) is 3.23. The highest BCUT2D eigenvalue weighted by molar-refractivity contribution is 6.77. The second kappa shape index (κ2) is 12.9. The first-order valence-electron chi connectivity index (χ1n) is 13.8. The van der Waals surface area contributed by atoms with Crippen molar-refractivity contribution >= 4 is 31.8 Å². The molecule has 0 radical (unpaired) electrons. The molecule has 38 heavy (non-hydrogen) atoms. The Kier molecular flexibility index (Phi) is 10.1. The lowest BCUT2D eigenvalue weighted by Crippen LogP contribution is -2.47. The average molecular weight is 538 g/mol. The second-order valence-electron chi connectivity index (χ2n) is 11.2. The molecule has 0 aliphatic carbocycles. The highest BCUT2D eigenvalue weighted by Gasteiger charge is 2.44. The molecule has 206 valence electrons. The fourth-order valence-electron chi connectivity index (χ4n) is 6.11. The minimum Gasteiger partial charge on any atom is -0.469 e. The van der Waals surface area contributed by atoms with Gasteiger partial charge in [0.25, 0.3) is 11.8 Å². The molecule has 0 atom stereocenters. The normalized spacial score (nSPS) is 13.7. The van der Waals surface area contributed by atoms with E-state index in [4.69, 9.17) is 9.16 Å². The maximum Gasteiger partial charge on any atom is 0.305 e.